The van der Waals surface area contributed by atoms with E-state index in [2.05, 4.69) is 11.9 Å². The Morgan fingerprint density at radius 2 is 2.12 bits per heavy atom. The molecule has 1 heterocycles. The maximum Gasteiger partial charge on any atom is 0.218 e. The number of unbranched alkanes of at least 4 members (excludes halogenated alkanes) is 3. The first-order chi connectivity index (χ1) is 12.1. The maximum atomic E-state index is 10.4. The normalized spacial score (nSPS) is 16.0. The lowest BCUT2D eigenvalue weighted by Crippen LogP contribution is -2.09. The number of hydrogen-bond donors (Lipinski definition) is 1. The molecule has 2 rings (SSSR count). The molecule has 1 aromatic heterocycles. The van der Waals surface area contributed by atoms with Crippen LogP contribution in [0, 0.1) is 5.92 Å². The molecule has 1 aliphatic carbocycles. The molecule has 1 N–H and O–H groups in total. The highest BCUT2D eigenvalue weighted by atomic mass is 16.3. The Hall–Kier alpha value is -1.42. The second-order valence-corrected chi connectivity index (χ2v) is 7.04. The number of aliphatic hydroxyl groups is 1. The zero-order chi connectivity index (χ0) is 18.3. The molecular weight excluding hydrogens is 314 g/mol. The van der Waals surface area contributed by atoms with Gasteiger partial charge in [0, 0.05) is 18.7 Å². The van der Waals surface area contributed by atoms with Crippen LogP contribution in [-0.2, 0) is 4.79 Å². The van der Waals surface area contributed by atoms with E-state index in [1.165, 1.54) is 44.9 Å². The van der Waals surface area contributed by atoms with Crippen molar-refractivity contribution in [3.63, 3.8) is 0 Å². The summed E-state index contributed by atoms with van der Waals surface area (Å²) in [4.78, 5) is 14.5. The molecule has 0 aliphatic heterocycles. The van der Waals surface area contributed by atoms with Gasteiger partial charge in [0.05, 0.1) is 12.4 Å². The minimum atomic E-state index is -0.439. The van der Waals surface area contributed by atoms with Crippen molar-refractivity contribution in [2.45, 2.75) is 90.6 Å². The average molecular weight is 350 g/mol. The van der Waals surface area contributed by atoms with Gasteiger partial charge in [-0.1, -0.05) is 51.9 Å². The minimum absolute atomic E-state index is 0.325. The van der Waals surface area contributed by atoms with Crippen LogP contribution in [0.15, 0.2) is 27.8 Å². The summed E-state index contributed by atoms with van der Waals surface area (Å²) in [6, 6.07) is 3.57. The quantitative estimate of drug-likeness (QED) is 0.425. The zero-order valence-corrected chi connectivity index (χ0v) is 16.0. The Labute approximate surface area is 152 Å². The van der Waals surface area contributed by atoms with Crippen LogP contribution in [0.25, 0.3) is 0 Å². The van der Waals surface area contributed by atoms with Crippen molar-refractivity contribution in [1.82, 2.24) is 0 Å². The molecule has 0 amide bonds. The number of nitrogens with zero attached hydrogens (tertiary/aromatic N) is 1. The van der Waals surface area contributed by atoms with Crippen molar-refractivity contribution in [2.24, 2.45) is 10.9 Å². The summed E-state index contributed by atoms with van der Waals surface area (Å²) in [7, 11) is 0. The number of ketones is 1. The molecular formula is C21H35NO3. The summed E-state index contributed by atoms with van der Waals surface area (Å²) in [6.45, 7) is 3.83. The van der Waals surface area contributed by atoms with Gasteiger partial charge in [0.1, 0.15) is 5.78 Å². The van der Waals surface area contributed by atoms with Gasteiger partial charge in [-0.05, 0) is 38.2 Å². The Kier molecular flexibility index (Phi) is 12.0. The molecule has 0 aromatic carbocycles. The van der Waals surface area contributed by atoms with E-state index in [-0.39, 0.29) is 0 Å². The lowest BCUT2D eigenvalue weighted by atomic mass is 10.00. The second-order valence-electron chi connectivity index (χ2n) is 7.04. The summed E-state index contributed by atoms with van der Waals surface area (Å²) in [5.74, 6) is 1.71. The monoisotopic (exact) mass is 349 g/mol. The van der Waals surface area contributed by atoms with Gasteiger partial charge in [0.15, 0.2) is 0 Å². The van der Waals surface area contributed by atoms with Crippen molar-refractivity contribution < 1.29 is 14.3 Å². The number of carbonyl (C=O) groups is 1. The minimum Gasteiger partial charge on any atom is -0.447 e. The van der Waals surface area contributed by atoms with E-state index in [1.807, 2.05) is 0 Å². The number of aliphatic hydroxyl groups excluding tert-OH is 1. The van der Waals surface area contributed by atoms with E-state index in [1.54, 1.807) is 31.5 Å². The van der Waals surface area contributed by atoms with Crippen LogP contribution in [0.4, 0.5) is 5.88 Å². The molecule has 142 valence electrons. The zero-order valence-electron chi connectivity index (χ0n) is 16.0. The number of carbonyl (C=O) groups excluding carboxylic acids is 1. The highest BCUT2D eigenvalue weighted by Crippen LogP contribution is 2.28. The maximum absolute atomic E-state index is 10.4. The number of hydrogen-bond acceptors (Lipinski definition) is 4. The molecule has 4 nitrogen and oxygen atoms in total. The molecule has 1 unspecified atom stereocenters. The molecule has 0 radical (unpaired) electrons. The van der Waals surface area contributed by atoms with Crippen LogP contribution in [0.5, 0.6) is 0 Å². The topological polar surface area (TPSA) is 62.8 Å². The van der Waals surface area contributed by atoms with E-state index >= 15 is 0 Å². The molecule has 1 fully saturated rings. The fourth-order valence-electron chi connectivity index (χ4n) is 3.08. The fraction of sp³-hybridized carbons (Fsp3) is 0.714. The standard InChI is InChI=1S/C13H19NO2.C8H16O/c15-12(8-7-11-4-1-2-5-11)10-14-13-6-3-9-16-13;1-3-4-5-6-7-8(2)9/h3,6,9-12,15H,1-2,4-5,7-8H2;3-7H2,1-2H3/b14-10+;. The number of rotatable bonds is 10. The van der Waals surface area contributed by atoms with E-state index in [9.17, 15) is 9.90 Å². The molecule has 0 saturated heterocycles. The van der Waals surface area contributed by atoms with Crippen LogP contribution in [-0.4, -0.2) is 23.2 Å². The summed E-state index contributed by atoms with van der Waals surface area (Å²) in [5.41, 5.74) is 0. The highest BCUT2D eigenvalue weighted by Gasteiger charge is 2.15. The lowest BCUT2D eigenvalue weighted by molar-refractivity contribution is -0.117. The van der Waals surface area contributed by atoms with Gasteiger partial charge in [0.25, 0.3) is 0 Å². The largest absolute Gasteiger partial charge is 0.447 e. The summed E-state index contributed by atoms with van der Waals surface area (Å²) >= 11 is 0. The third kappa shape index (κ3) is 11.7. The van der Waals surface area contributed by atoms with E-state index in [0.29, 0.717) is 11.7 Å². The first-order valence-corrected chi connectivity index (χ1v) is 9.87. The predicted octanol–water partition coefficient (Wildman–Crippen LogP) is 5.86. The van der Waals surface area contributed by atoms with Crippen molar-refractivity contribution in [3.05, 3.63) is 18.4 Å². The summed E-state index contributed by atoms with van der Waals surface area (Å²) in [6.07, 6.45) is 15.6. The summed E-state index contributed by atoms with van der Waals surface area (Å²) < 4.78 is 5.05. The fourth-order valence-corrected chi connectivity index (χ4v) is 3.08. The molecule has 1 saturated carbocycles. The molecule has 1 atom stereocenters. The summed E-state index contributed by atoms with van der Waals surface area (Å²) in [5, 5.41) is 9.72. The second kappa shape index (κ2) is 13.8. The third-order valence-electron chi connectivity index (χ3n) is 4.61. The van der Waals surface area contributed by atoms with Crippen molar-refractivity contribution in [3.8, 4) is 0 Å². The molecule has 0 spiro atoms. The van der Waals surface area contributed by atoms with Gasteiger partial charge < -0.3 is 14.3 Å². The molecule has 25 heavy (non-hydrogen) atoms. The van der Waals surface area contributed by atoms with Gasteiger partial charge in [-0.25, -0.2) is 4.99 Å². The van der Waals surface area contributed by atoms with Gasteiger partial charge in [-0.2, -0.15) is 0 Å². The lowest BCUT2D eigenvalue weighted by Gasteiger charge is -2.09. The SMILES string of the molecule is CCCCCCC(C)=O.OC(/C=N/c1ccco1)CCC1CCCC1. The number of furan rings is 1. The Morgan fingerprint density at radius 3 is 2.72 bits per heavy atom. The number of Topliss-reactive ketones (excluding diaryl/α,β-unsaturated/α-hetero) is 1. The van der Waals surface area contributed by atoms with Gasteiger partial charge in [-0.15, -0.1) is 0 Å². The molecule has 1 aromatic rings. The van der Waals surface area contributed by atoms with Gasteiger partial charge >= 0.3 is 0 Å². The van der Waals surface area contributed by atoms with Crippen LogP contribution in [0.3, 0.4) is 0 Å². The van der Waals surface area contributed by atoms with Gasteiger partial charge in [-0.3, -0.25) is 0 Å². The van der Waals surface area contributed by atoms with Gasteiger partial charge in [0.2, 0.25) is 5.88 Å². The average Bonchev–Trinajstić information content (AvgIpc) is 3.29. The van der Waals surface area contributed by atoms with Crippen molar-refractivity contribution >= 4 is 17.9 Å². The van der Waals surface area contributed by atoms with E-state index < -0.39 is 6.10 Å². The first kappa shape index (κ1) is 21.6. The van der Waals surface area contributed by atoms with Crippen LogP contribution in [0.1, 0.15) is 84.5 Å². The van der Waals surface area contributed by atoms with Crippen LogP contribution >= 0.6 is 0 Å². The smallest absolute Gasteiger partial charge is 0.218 e. The molecule has 4 heteroatoms. The Bertz CT molecular complexity index is 461. The third-order valence-corrected chi connectivity index (χ3v) is 4.61. The number of aliphatic imine (C=N–C) groups is 1. The molecule has 0 bridgehead atoms. The first-order valence-electron chi connectivity index (χ1n) is 9.87. The molecule has 1 aliphatic rings. The highest BCUT2D eigenvalue weighted by molar-refractivity contribution is 5.75. The van der Waals surface area contributed by atoms with Crippen LogP contribution < -0.4 is 0 Å². The van der Waals surface area contributed by atoms with Crippen molar-refractivity contribution in [2.75, 3.05) is 0 Å². The Balaban J connectivity index is 0.000000299. The van der Waals surface area contributed by atoms with E-state index in [4.69, 9.17) is 4.42 Å². The Morgan fingerprint density at radius 1 is 1.36 bits per heavy atom. The van der Waals surface area contributed by atoms with E-state index in [0.717, 1.165) is 31.6 Å². The predicted molar refractivity (Wildman–Crippen MR) is 103 cm³/mol. The van der Waals surface area contributed by atoms with Crippen LogP contribution in [0.2, 0.25) is 0 Å². The van der Waals surface area contributed by atoms with Crippen molar-refractivity contribution in [1.29, 1.82) is 0 Å².